The number of terminal acetylenes is 1. The molecule has 1 aromatic heterocycles. The SMILES string of the molecule is C#CCNC(=O)C(CCC#Cc1cnc(S(C)(=O)=O)nc1)C(=O)OCC. The quantitative estimate of drug-likeness (QED) is 0.306. The number of nitrogens with one attached hydrogen (secondary N) is 1. The highest BCUT2D eigenvalue weighted by molar-refractivity contribution is 7.90. The summed E-state index contributed by atoms with van der Waals surface area (Å²) in [6.45, 7) is 1.83. The van der Waals surface area contributed by atoms with Crippen LogP contribution in [0, 0.1) is 30.1 Å². The lowest BCUT2D eigenvalue weighted by Crippen LogP contribution is -2.36. The number of ether oxygens (including phenoxy) is 1. The molecule has 0 saturated heterocycles. The molecule has 26 heavy (non-hydrogen) atoms. The Hall–Kier alpha value is -2.91. The van der Waals surface area contributed by atoms with E-state index in [4.69, 9.17) is 11.2 Å². The van der Waals surface area contributed by atoms with Gasteiger partial charge in [-0.3, -0.25) is 9.59 Å². The molecule has 0 bridgehead atoms. The molecule has 138 valence electrons. The number of amides is 1. The Kier molecular flexibility index (Phi) is 8.26. The van der Waals surface area contributed by atoms with E-state index in [9.17, 15) is 18.0 Å². The van der Waals surface area contributed by atoms with Crippen molar-refractivity contribution in [3.05, 3.63) is 18.0 Å². The van der Waals surface area contributed by atoms with Gasteiger partial charge < -0.3 is 10.1 Å². The first-order valence-corrected chi connectivity index (χ1v) is 9.57. The number of carbonyl (C=O) groups is 2. The van der Waals surface area contributed by atoms with Crippen molar-refractivity contribution in [3.63, 3.8) is 0 Å². The van der Waals surface area contributed by atoms with Crippen LogP contribution in [0.2, 0.25) is 0 Å². The third kappa shape index (κ3) is 6.91. The van der Waals surface area contributed by atoms with Gasteiger partial charge in [0.1, 0.15) is 5.92 Å². The molecule has 0 fully saturated rings. The molecule has 1 N–H and O–H groups in total. The molecule has 1 unspecified atom stereocenters. The van der Waals surface area contributed by atoms with Gasteiger partial charge in [0.15, 0.2) is 0 Å². The smallest absolute Gasteiger partial charge is 0.318 e. The predicted octanol–water partition coefficient (Wildman–Crippen LogP) is -0.0595. The van der Waals surface area contributed by atoms with Crippen LogP contribution >= 0.6 is 0 Å². The Balaban J connectivity index is 2.72. The van der Waals surface area contributed by atoms with Gasteiger partial charge in [-0.05, 0) is 13.3 Å². The number of carbonyl (C=O) groups excluding carboxylic acids is 2. The average molecular weight is 377 g/mol. The zero-order chi connectivity index (χ0) is 19.6. The zero-order valence-corrected chi connectivity index (χ0v) is 15.3. The van der Waals surface area contributed by atoms with Crippen LogP contribution in [-0.2, 0) is 24.2 Å². The maximum absolute atomic E-state index is 12.0. The molecule has 0 radical (unpaired) electrons. The van der Waals surface area contributed by atoms with E-state index in [1.165, 1.54) is 12.4 Å². The van der Waals surface area contributed by atoms with Crippen molar-refractivity contribution in [3.8, 4) is 24.2 Å². The second kappa shape index (κ2) is 10.2. The molecule has 1 heterocycles. The van der Waals surface area contributed by atoms with E-state index in [2.05, 4.69) is 33.0 Å². The summed E-state index contributed by atoms with van der Waals surface area (Å²) in [7, 11) is -3.47. The summed E-state index contributed by atoms with van der Waals surface area (Å²) in [5.41, 5.74) is 0.418. The Morgan fingerprint density at radius 1 is 1.35 bits per heavy atom. The highest BCUT2D eigenvalue weighted by atomic mass is 32.2. The Labute approximate surface area is 152 Å². The largest absolute Gasteiger partial charge is 0.465 e. The first kappa shape index (κ1) is 21.1. The summed E-state index contributed by atoms with van der Waals surface area (Å²) in [4.78, 5) is 31.3. The van der Waals surface area contributed by atoms with Gasteiger partial charge in [0.05, 0.1) is 18.7 Å². The van der Waals surface area contributed by atoms with E-state index >= 15 is 0 Å². The highest BCUT2D eigenvalue weighted by Gasteiger charge is 2.26. The standard InChI is InChI=1S/C17H19N3O5S/c1-4-10-18-15(21)14(16(22)25-5-2)9-7-6-8-13-11-19-17(20-12-13)26(3,23)24/h1,11-12,14H,5,7,9-10H2,2-3H3,(H,18,21). The molecule has 1 rings (SSSR count). The van der Waals surface area contributed by atoms with Gasteiger partial charge in [-0.25, -0.2) is 18.4 Å². The van der Waals surface area contributed by atoms with Gasteiger partial charge in [-0.1, -0.05) is 17.8 Å². The maximum atomic E-state index is 12.0. The molecular formula is C17H19N3O5S. The van der Waals surface area contributed by atoms with Gasteiger partial charge in [0.25, 0.3) is 0 Å². The number of aromatic nitrogens is 2. The Morgan fingerprint density at radius 2 is 2.00 bits per heavy atom. The average Bonchev–Trinajstić information content (AvgIpc) is 2.59. The maximum Gasteiger partial charge on any atom is 0.318 e. The van der Waals surface area contributed by atoms with E-state index in [-0.39, 0.29) is 31.1 Å². The molecular weight excluding hydrogens is 358 g/mol. The van der Waals surface area contributed by atoms with Crippen molar-refractivity contribution >= 4 is 21.7 Å². The minimum atomic E-state index is -3.47. The fourth-order valence-corrected chi connectivity index (χ4v) is 2.30. The van der Waals surface area contributed by atoms with Crippen LogP contribution in [-0.4, -0.2) is 49.7 Å². The second-order valence-corrected chi connectivity index (χ2v) is 7.00. The summed E-state index contributed by atoms with van der Waals surface area (Å²) in [6.07, 6.45) is 9.07. The predicted molar refractivity (Wildman–Crippen MR) is 93.2 cm³/mol. The molecule has 0 aromatic carbocycles. The van der Waals surface area contributed by atoms with E-state index in [0.717, 1.165) is 6.26 Å². The summed E-state index contributed by atoms with van der Waals surface area (Å²) in [6, 6.07) is 0. The lowest BCUT2D eigenvalue weighted by molar-refractivity contribution is -0.152. The lowest BCUT2D eigenvalue weighted by atomic mass is 10.0. The van der Waals surface area contributed by atoms with Crippen LogP contribution in [0.15, 0.2) is 17.6 Å². The van der Waals surface area contributed by atoms with Gasteiger partial charge in [-0.2, -0.15) is 0 Å². The normalized spacial score (nSPS) is 11.4. The fourth-order valence-electron chi connectivity index (χ4n) is 1.81. The third-order valence-corrected chi connectivity index (χ3v) is 3.88. The number of hydrogen-bond acceptors (Lipinski definition) is 7. The van der Waals surface area contributed by atoms with Crippen LogP contribution in [0.3, 0.4) is 0 Å². The lowest BCUT2D eigenvalue weighted by Gasteiger charge is -2.13. The summed E-state index contributed by atoms with van der Waals surface area (Å²) in [5, 5.41) is 2.17. The number of rotatable bonds is 7. The Morgan fingerprint density at radius 3 is 2.54 bits per heavy atom. The van der Waals surface area contributed by atoms with Gasteiger partial charge in [-0.15, -0.1) is 6.42 Å². The molecule has 8 nitrogen and oxygen atoms in total. The first-order valence-electron chi connectivity index (χ1n) is 7.68. The number of nitrogens with zero attached hydrogens (tertiary/aromatic N) is 2. The van der Waals surface area contributed by atoms with Crippen molar-refractivity contribution in [2.45, 2.75) is 24.9 Å². The van der Waals surface area contributed by atoms with Crippen LogP contribution in [0.5, 0.6) is 0 Å². The third-order valence-electron chi connectivity index (χ3n) is 3.00. The van der Waals surface area contributed by atoms with Crippen LogP contribution in [0.1, 0.15) is 25.3 Å². The van der Waals surface area contributed by atoms with Crippen molar-refractivity contribution in [1.82, 2.24) is 15.3 Å². The Bertz CT molecular complexity index is 845. The van der Waals surface area contributed by atoms with Crippen LogP contribution in [0.4, 0.5) is 0 Å². The number of hydrogen-bond donors (Lipinski definition) is 1. The number of esters is 1. The number of sulfone groups is 1. The molecule has 1 amide bonds. The van der Waals surface area contributed by atoms with Crippen molar-refractivity contribution < 1.29 is 22.7 Å². The van der Waals surface area contributed by atoms with E-state index in [1.54, 1.807) is 6.92 Å². The van der Waals surface area contributed by atoms with Gasteiger partial charge in [0.2, 0.25) is 20.9 Å². The van der Waals surface area contributed by atoms with Crippen LogP contribution < -0.4 is 5.32 Å². The minimum Gasteiger partial charge on any atom is -0.465 e. The minimum absolute atomic E-state index is 0.0183. The zero-order valence-electron chi connectivity index (χ0n) is 14.5. The fraction of sp³-hybridized carbons (Fsp3) is 0.412. The monoisotopic (exact) mass is 377 g/mol. The highest BCUT2D eigenvalue weighted by Crippen LogP contribution is 2.09. The van der Waals surface area contributed by atoms with Crippen molar-refractivity contribution in [2.24, 2.45) is 5.92 Å². The van der Waals surface area contributed by atoms with Gasteiger partial charge >= 0.3 is 5.97 Å². The second-order valence-electron chi connectivity index (χ2n) is 5.09. The van der Waals surface area contributed by atoms with E-state index in [1.807, 2.05) is 0 Å². The van der Waals surface area contributed by atoms with Crippen LogP contribution in [0.25, 0.3) is 0 Å². The molecule has 0 aliphatic rings. The van der Waals surface area contributed by atoms with E-state index < -0.39 is 27.6 Å². The first-order chi connectivity index (χ1) is 12.3. The molecule has 9 heteroatoms. The van der Waals surface area contributed by atoms with Gasteiger partial charge in [0, 0.05) is 25.1 Å². The molecule has 1 atom stereocenters. The molecule has 0 spiro atoms. The molecule has 1 aromatic rings. The summed E-state index contributed by atoms with van der Waals surface area (Å²) < 4.78 is 27.4. The van der Waals surface area contributed by atoms with Crippen molar-refractivity contribution in [1.29, 1.82) is 0 Å². The molecule has 0 aliphatic carbocycles. The van der Waals surface area contributed by atoms with E-state index in [0.29, 0.717) is 5.56 Å². The summed E-state index contributed by atoms with van der Waals surface area (Å²) >= 11 is 0. The topological polar surface area (TPSA) is 115 Å². The molecule has 0 saturated carbocycles. The molecule has 0 aliphatic heterocycles. The summed E-state index contributed by atoms with van der Waals surface area (Å²) in [5.74, 6) is 5.65. The van der Waals surface area contributed by atoms with Crippen molar-refractivity contribution in [2.75, 3.05) is 19.4 Å².